The molecule has 0 bridgehead atoms. The van der Waals surface area contributed by atoms with E-state index in [1.54, 1.807) is 6.92 Å². The Hall–Kier alpha value is -2.31. The van der Waals surface area contributed by atoms with E-state index in [4.69, 9.17) is 9.15 Å². The Morgan fingerprint density at radius 1 is 1.00 bits per heavy atom. The summed E-state index contributed by atoms with van der Waals surface area (Å²) in [4.78, 5) is 18.2. The Balaban J connectivity index is 1.40. The number of rotatable bonds is 4. The summed E-state index contributed by atoms with van der Waals surface area (Å²) in [5, 5.41) is 0. The van der Waals surface area contributed by atoms with Crippen molar-refractivity contribution in [3.05, 3.63) is 53.0 Å². The van der Waals surface area contributed by atoms with Crippen molar-refractivity contribution in [2.45, 2.75) is 33.5 Å². The summed E-state index contributed by atoms with van der Waals surface area (Å²) in [5.74, 6) is 3.12. The van der Waals surface area contributed by atoms with Crippen LogP contribution >= 0.6 is 0 Å². The molecule has 3 heterocycles. The van der Waals surface area contributed by atoms with E-state index in [1.807, 2.05) is 17.9 Å². The number of piperazine rings is 1. The molecule has 1 fully saturated rings. The molecule has 0 aliphatic carbocycles. The molecule has 0 atom stereocenters. The van der Waals surface area contributed by atoms with Crippen LogP contribution in [0.15, 0.2) is 34.7 Å². The minimum Gasteiger partial charge on any atom is -0.492 e. The minimum absolute atomic E-state index is 0.175. The summed E-state index contributed by atoms with van der Waals surface area (Å²) in [5.41, 5.74) is 2.54. The van der Waals surface area contributed by atoms with Crippen LogP contribution in [-0.2, 0) is 24.4 Å². The molecule has 6 heteroatoms. The van der Waals surface area contributed by atoms with Crippen molar-refractivity contribution in [3.8, 4) is 5.75 Å². The molecule has 1 aromatic heterocycles. The number of hydrogen-bond acceptors (Lipinski definition) is 5. The van der Waals surface area contributed by atoms with Crippen molar-refractivity contribution in [2.24, 2.45) is 0 Å². The van der Waals surface area contributed by atoms with E-state index in [-0.39, 0.29) is 5.91 Å². The minimum atomic E-state index is 0.175. The number of ether oxygens (including phenoxy) is 1. The number of carbonyl (C=O) groups excluding carboxylic acids is 1. The van der Waals surface area contributed by atoms with Gasteiger partial charge in [-0.25, -0.2) is 0 Å². The number of fused-ring (bicyclic) bond motifs is 1. The third kappa shape index (κ3) is 4.56. The second-order valence-corrected chi connectivity index (χ2v) is 7.80. The van der Waals surface area contributed by atoms with Gasteiger partial charge in [-0.2, -0.15) is 0 Å². The summed E-state index contributed by atoms with van der Waals surface area (Å²) in [6.45, 7) is 11.3. The van der Waals surface area contributed by atoms with Gasteiger partial charge >= 0.3 is 0 Å². The first kappa shape index (κ1) is 19.0. The van der Waals surface area contributed by atoms with Gasteiger partial charge in [-0.1, -0.05) is 6.07 Å². The van der Waals surface area contributed by atoms with Crippen LogP contribution in [0.4, 0.5) is 0 Å². The van der Waals surface area contributed by atoms with Crippen molar-refractivity contribution >= 4 is 5.91 Å². The van der Waals surface area contributed by atoms with Crippen molar-refractivity contribution in [3.63, 3.8) is 0 Å². The lowest BCUT2D eigenvalue weighted by Crippen LogP contribution is -2.47. The van der Waals surface area contributed by atoms with Crippen molar-refractivity contribution in [1.82, 2.24) is 14.7 Å². The van der Waals surface area contributed by atoms with Gasteiger partial charge in [0.25, 0.3) is 0 Å². The number of aryl methyl sites for hydroxylation is 1. The Kier molecular flexibility index (Phi) is 5.69. The fraction of sp³-hybridized carbons (Fsp3) is 0.500. The van der Waals surface area contributed by atoms with Gasteiger partial charge in [-0.05, 0) is 36.8 Å². The van der Waals surface area contributed by atoms with Gasteiger partial charge in [0.2, 0.25) is 5.91 Å². The fourth-order valence-corrected chi connectivity index (χ4v) is 4.00. The Labute approximate surface area is 166 Å². The fourth-order valence-electron chi connectivity index (χ4n) is 4.00. The molecule has 0 unspecified atom stereocenters. The number of furan rings is 1. The maximum atomic E-state index is 11.5. The molecular formula is C22H29N3O3. The van der Waals surface area contributed by atoms with Gasteiger partial charge in [0.1, 0.15) is 23.9 Å². The first-order valence-electron chi connectivity index (χ1n) is 10.1. The van der Waals surface area contributed by atoms with Gasteiger partial charge < -0.3 is 14.1 Å². The SMILES string of the molecule is CC(=O)N1CCN(Cc2ccc3c(c2)CN(Cc2ccc(C)o2)CCO3)CC1. The van der Waals surface area contributed by atoms with E-state index in [1.165, 1.54) is 11.1 Å². The topological polar surface area (TPSA) is 49.2 Å². The molecule has 1 amide bonds. The van der Waals surface area contributed by atoms with Crippen molar-refractivity contribution in [2.75, 3.05) is 39.3 Å². The Morgan fingerprint density at radius 3 is 2.54 bits per heavy atom. The molecule has 0 radical (unpaired) electrons. The van der Waals surface area contributed by atoms with E-state index in [9.17, 15) is 4.79 Å². The molecule has 2 aliphatic rings. The largest absolute Gasteiger partial charge is 0.492 e. The van der Waals surface area contributed by atoms with Gasteiger partial charge in [0, 0.05) is 58.3 Å². The van der Waals surface area contributed by atoms with Crippen LogP contribution in [0.3, 0.4) is 0 Å². The molecule has 0 saturated carbocycles. The number of hydrogen-bond donors (Lipinski definition) is 0. The second-order valence-electron chi connectivity index (χ2n) is 7.80. The van der Waals surface area contributed by atoms with Crippen LogP contribution in [0.5, 0.6) is 5.75 Å². The highest BCUT2D eigenvalue weighted by molar-refractivity contribution is 5.73. The molecule has 150 valence electrons. The van der Waals surface area contributed by atoms with Crippen LogP contribution in [0.2, 0.25) is 0 Å². The zero-order valence-electron chi connectivity index (χ0n) is 16.8. The van der Waals surface area contributed by atoms with Gasteiger partial charge in [0.15, 0.2) is 0 Å². The molecule has 1 aromatic carbocycles. The molecule has 4 rings (SSSR count). The number of amides is 1. The zero-order chi connectivity index (χ0) is 19.5. The molecule has 0 N–H and O–H groups in total. The monoisotopic (exact) mass is 383 g/mol. The van der Waals surface area contributed by atoms with Crippen LogP contribution in [0.25, 0.3) is 0 Å². The van der Waals surface area contributed by atoms with Crippen LogP contribution in [-0.4, -0.2) is 59.9 Å². The summed E-state index contributed by atoms with van der Waals surface area (Å²) < 4.78 is 11.7. The zero-order valence-corrected chi connectivity index (χ0v) is 16.8. The van der Waals surface area contributed by atoms with E-state index < -0.39 is 0 Å². The third-order valence-electron chi connectivity index (χ3n) is 5.58. The lowest BCUT2D eigenvalue weighted by atomic mass is 10.1. The summed E-state index contributed by atoms with van der Waals surface area (Å²) in [6.07, 6.45) is 0. The molecule has 28 heavy (non-hydrogen) atoms. The molecule has 6 nitrogen and oxygen atoms in total. The maximum Gasteiger partial charge on any atom is 0.219 e. The second kappa shape index (κ2) is 8.37. The smallest absolute Gasteiger partial charge is 0.219 e. The van der Waals surface area contributed by atoms with Crippen LogP contribution in [0, 0.1) is 6.92 Å². The molecule has 1 saturated heterocycles. The molecule has 2 aliphatic heterocycles. The van der Waals surface area contributed by atoms with Crippen molar-refractivity contribution in [1.29, 1.82) is 0 Å². The highest BCUT2D eigenvalue weighted by Crippen LogP contribution is 2.26. The standard InChI is InChI=1S/C22H29N3O3/c1-17-3-5-21(28-17)16-24-11-12-27-22-6-4-19(13-20(22)15-24)14-23-7-9-25(10-8-23)18(2)26/h3-6,13H,7-12,14-16H2,1-2H3. The normalized spacial score (nSPS) is 18.4. The third-order valence-corrected chi connectivity index (χ3v) is 5.58. The summed E-state index contributed by atoms with van der Waals surface area (Å²) in [6, 6.07) is 10.6. The predicted octanol–water partition coefficient (Wildman–Crippen LogP) is 2.65. The molecule has 2 aromatic rings. The average Bonchev–Trinajstić information content (AvgIpc) is 2.97. The average molecular weight is 383 g/mol. The van der Waals surface area contributed by atoms with Gasteiger partial charge in [0.05, 0.1) is 6.54 Å². The first-order chi connectivity index (χ1) is 13.6. The highest BCUT2D eigenvalue weighted by Gasteiger charge is 2.20. The Morgan fingerprint density at radius 2 is 1.82 bits per heavy atom. The molecular weight excluding hydrogens is 354 g/mol. The van der Waals surface area contributed by atoms with E-state index in [0.29, 0.717) is 6.61 Å². The van der Waals surface area contributed by atoms with Crippen LogP contribution in [0.1, 0.15) is 29.6 Å². The van der Waals surface area contributed by atoms with E-state index in [0.717, 1.165) is 69.6 Å². The molecule has 0 spiro atoms. The lowest BCUT2D eigenvalue weighted by Gasteiger charge is -2.34. The Bertz CT molecular complexity index is 824. The maximum absolute atomic E-state index is 11.5. The van der Waals surface area contributed by atoms with E-state index >= 15 is 0 Å². The quantitative estimate of drug-likeness (QED) is 0.812. The number of benzene rings is 1. The van der Waals surface area contributed by atoms with Gasteiger partial charge in [-0.3, -0.25) is 14.6 Å². The summed E-state index contributed by atoms with van der Waals surface area (Å²) >= 11 is 0. The summed E-state index contributed by atoms with van der Waals surface area (Å²) in [7, 11) is 0. The van der Waals surface area contributed by atoms with Crippen LogP contribution < -0.4 is 4.74 Å². The number of carbonyl (C=O) groups is 1. The first-order valence-corrected chi connectivity index (χ1v) is 10.1. The van der Waals surface area contributed by atoms with Crippen molar-refractivity contribution < 1.29 is 13.9 Å². The van der Waals surface area contributed by atoms with Gasteiger partial charge in [-0.15, -0.1) is 0 Å². The predicted molar refractivity (Wildman–Crippen MR) is 107 cm³/mol. The number of nitrogens with zero attached hydrogens (tertiary/aromatic N) is 3. The highest BCUT2D eigenvalue weighted by atomic mass is 16.5. The van der Waals surface area contributed by atoms with E-state index in [2.05, 4.69) is 34.1 Å². The lowest BCUT2D eigenvalue weighted by molar-refractivity contribution is -0.130.